The van der Waals surface area contributed by atoms with Gasteiger partial charge in [-0.15, -0.1) is 0 Å². The number of imidazole rings is 1. The van der Waals surface area contributed by atoms with E-state index in [0.717, 1.165) is 16.7 Å². The number of hydrogen-bond donors (Lipinski definition) is 1. The molecule has 0 saturated heterocycles. The molecule has 6 nitrogen and oxygen atoms in total. The van der Waals surface area contributed by atoms with Crippen LogP contribution in [0.1, 0.15) is 12.7 Å². The zero-order chi connectivity index (χ0) is 16.9. The topological polar surface area (TPSA) is 72.7 Å². The largest absolute Gasteiger partial charge is 0.324 e. The fraction of sp³-hybridized carbons (Fsp3) is 0.176. The van der Waals surface area contributed by atoms with E-state index in [1.807, 2.05) is 54.9 Å². The number of carbonyl (C=O) groups is 1. The van der Waals surface area contributed by atoms with Crippen LogP contribution < -0.4 is 5.32 Å². The van der Waals surface area contributed by atoms with Crippen molar-refractivity contribution in [1.82, 2.24) is 19.5 Å². The van der Waals surface area contributed by atoms with E-state index < -0.39 is 0 Å². The second-order valence-corrected chi connectivity index (χ2v) is 6.53. The van der Waals surface area contributed by atoms with Gasteiger partial charge >= 0.3 is 0 Å². The standard InChI is InChI=1S/C17H17N5OS/c1-12(24-16-5-3-4-8-19-16)17(23)21-14-6-7-15(20-11-14)22-10-9-18-13(22)2/h3-12H,1-2H3,(H,21,23)/t12-/m0/s1. The fourth-order valence-electron chi connectivity index (χ4n) is 2.12. The summed E-state index contributed by atoms with van der Waals surface area (Å²) in [7, 11) is 0. The number of nitrogens with one attached hydrogen (secondary N) is 1. The first-order valence-electron chi connectivity index (χ1n) is 7.48. The summed E-state index contributed by atoms with van der Waals surface area (Å²) in [4.78, 5) is 25.0. The third-order valence-corrected chi connectivity index (χ3v) is 4.44. The molecule has 3 heterocycles. The molecular formula is C17H17N5OS. The summed E-state index contributed by atoms with van der Waals surface area (Å²) in [5, 5.41) is 3.44. The lowest BCUT2D eigenvalue weighted by molar-refractivity contribution is -0.115. The SMILES string of the molecule is Cc1nccn1-c1ccc(NC(=O)[C@H](C)Sc2ccccn2)cn1. The lowest BCUT2D eigenvalue weighted by Gasteiger charge is -2.12. The van der Waals surface area contributed by atoms with Crippen molar-refractivity contribution in [3.8, 4) is 5.82 Å². The molecular weight excluding hydrogens is 322 g/mol. The van der Waals surface area contributed by atoms with Crippen LogP contribution in [-0.2, 0) is 4.79 Å². The number of rotatable bonds is 5. The Balaban J connectivity index is 1.63. The number of carbonyl (C=O) groups excluding carboxylic acids is 1. The van der Waals surface area contributed by atoms with E-state index in [1.54, 1.807) is 18.6 Å². The lowest BCUT2D eigenvalue weighted by atomic mass is 10.3. The van der Waals surface area contributed by atoms with Gasteiger partial charge in [-0.1, -0.05) is 17.8 Å². The number of anilines is 1. The highest BCUT2D eigenvalue weighted by Gasteiger charge is 2.15. The van der Waals surface area contributed by atoms with Crippen molar-refractivity contribution in [3.05, 3.63) is 60.9 Å². The highest BCUT2D eigenvalue weighted by atomic mass is 32.2. The Morgan fingerprint density at radius 1 is 1.17 bits per heavy atom. The molecule has 0 fully saturated rings. The predicted octanol–water partition coefficient (Wildman–Crippen LogP) is 3.09. The van der Waals surface area contributed by atoms with Crippen LogP contribution in [0.15, 0.2) is 60.1 Å². The molecule has 3 aromatic rings. The third-order valence-electron chi connectivity index (χ3n) is 3.39. The van der Waals surface area contributed by atoms with Gasteiger partial charge in [-0.2, -0.15) is 0 Å². The molecule has 0 aromatic carbocycles. The van der Waals surface area contributed by atoms with Crippen LogP contribution in [0.2, 0.25) is 0 Å². The van der Waals surface area contributed by atoms with E-state index in [1.165, 1.54) is 11.8 Å². The smallest absolute Gasteiger partial charge is 0.237 e. The molecule has 3 aromatic heterocycles. The molecule has 0 aliphatic rings. The molecule has 7 heteroatoms. The predicted molar refractivity (Wildman–Crippen MR) is 94.3 cm³/mol. The molecule has 0 unspecified atom stereocenters. The molecule has 1 amide bonds. The molecule has 1 N–H and O–H groups in total. The maximum atomic E-state index is 12.3. The summed E-state index contributed by atoms with van der Waals surface area (Å²) in [5.41, 5.74) is 0.662. The van der Waals surface area contributed by atoms with E-state index in [9.17, 15) is 4.79 Å². The minimum Gasteiger partial charge on any atom is -0.324 e. The van der Waals surface area contributed by atoms with Gasteiger partial charge in [0.1, 0.15) is 11.6 Å². The zero-order valence-corrected chi connectivity index (χ0v) is 14.2. The number of thioether (sulfide) groups is 1. The quantitative estimate of drug-likeness (QED) is 0.723. The van der Waals surface area contributed by atoms with E-state index in [4.69, 9.17) is 0 Å². The van der Waals surface area contributed by atoms with Gasteiger partial charge in [0.2, 0.25) is 5.91 Å². The molecule has 0 aliphatic carbocycles. The monoisotopic (exact) mass is 339 g/mol. The first-order valence-corrected chi connectivity index (χ1v) is 8.36. The van der Waals surface area contributed by atoms with Crippen LogP contribution in [0.5, 0.6) is 0 Å². The number of hydrogen-bond acceptors (Lipinski definition) is 5. The van der Waals surface area contributed by atoms with E-state index in [2.05, 4.69) is 20.3 Å². The van der Waals surface area contributed by atoms with Gasteiger partial charge < -0.3 is 5.32 Å². The van der Waals surface area contributed by atoms with Gasteiger partial charge in [0.25, 0.3) is 0 Å². The first kappa shape index (κ1) is 16.2. The molecule has 0 spiro atoms. The Bertz CT molecular complexity index is 817. The first-order chi connectivity index (χ1) is 11.6. The van der Waals surface area contributed by atoms with Crippen LogP contribution in [-0.4, -0.2) is 30.7 Å². The summed E-state index contributed by atoms with van der Waals surface area (Å²) in [5.74, 6) is 1.54. The Kier molecular flexibility index (Phi) is 4.90. The van der Waals surface area contributed by atoms with Crippen LogP contribution >= 0.6 is 11.8 Å². The summed E-state index contributed by atoms with van der Waals surface area (Å²) in [6, 6.07) is 9.32. The van der Waals surface area contributed by atoms with Crippen molar-refractivity contribution in [2.75, 3.05) is 5.32 Å². The highest BCUT2D eigenvalue weighted by Crippen LogP contribution is 2.21. The Morgan fingerprint density at radius 3 is 2.67 bits per heavy atom. The summed E-state index contributed by atoms with van der Waals surface area (Å²) in [6.45, 7) is 3.76. The third kappa shape index (κ3) is 3.80. The summed E-state index contributed by atoms with van der Waals surface area (Å²) in [6.07, 6.45) is 6.93. The second kappa shape index (κ2) is 7.27. The van der Waals surface area contributed by atoms with Gasteiger partial charge in [-0.05, 0) is 38.1 Å². The van der Waals surface area contributed by atoms with Crippen molar-refractivity contribution < 1.29 is 4.79 Å². The molecule has 0 aliphatic heterocycles. The van der Waals surface area contributed by atoms with Gasteiger partial charge in [0.15, 0.2) is 0 Å². The minimum absolute atomic E-state index is 0.0842. The van der Waals surface area contributed by atoms with Crippen molar-refractivity contribution in [2.24, 2.45) is 0 Å². The van der Waals surface area contributed by atoms with E-state index in [0.29, 0.717) is 5.69 Å². The van der Waals surface area contributed by atoms with Gasteiger partial charge in [-0.3, -0.25) is 9.36 Å². The Hall–Kier alpha value is -2.67. The number of nitrogens with zero attached hydrogens (tertiary/aromatic N) is 4. The molecule has 0 radical (unpaired) electrons. The van der Waals surface area contributed by atoms with Gasteiger partial charge in [-0.25, -0.2) is 15.0 Å². The van der Waals surface area contributed by atoms with Crippen LogP contribution in [0, 0.1) is 6.92 Å². The van der Waals surface area contributed by atoms with E-state index in [-0.39, 0.29) is 11.2 Å². The van der Waals surface area contributed by atoms with Crippen molar-refractivity contribution in [3.63, 3.8) is 0 Å². The normalized spacial score (nSPS) is 11.9. The Labute approximate surface area is 144 Å². The maximum absolute atomic E-state index is 12.3. The molecule has 1 atom stereocenters. The van der Waals surface area contributed by atoms with Gasteiger partial charge in [0.05, 0.1) is 22.2 Å². The van der Waals surface area contributed by atoms with Crippen LogP contribution in [0.3, 0.4) is 0 Å². The molecule has 122 valence electrons. The molecule has 3 rings (SSSR count). The van der Waals surface area contributed by atoms with Crippen molar-refractivity contribution >= 4 is 23.4 Å². The minimum atomic E-state index is -0.254. The number of aromatic nitrogens is 4. The average molecular weight is 339 g/mol. The summed E-state index contributed by atoms with van der Waals surface area (Å²) < 4.78 is 1.88. The summed E-state index contributed by atoms with van der Waals surface area (Å²) >= 11 is 1.42. The van der Waals surface area contributed by atoms with Gasteiger partial charge in [0, 0.05) is 18.6 Å². The number of aryl methyl sites for hydroxylation is 1. The average Bonchev–Trinajstić information content (AvgIpc) is 3.02. The van der Waals surface area contributed by atoms with Crippen molar-refractivity contribution in [1.29, 1.82) is 0 Å². The van der Waals surface area contributed by atoms with E-state index >= 15 is 0 Å². The molecule has 0 bridgehead atoms. The Morgan fingerprint density at radius 2 is 2.04 bits per heavy atom. The van der Waals surface area contributed by atoms with Crippen molar-refractivity contribution in [2.45, 2.75) is 24.1 Å². The van der Waals surface area contributed by atoms with Crippen LogP contribution in [0.25, 0.3) is 5.82 Å². The molecule has 24 heavy (non-hydrogen) atoms. The highest BCUT2D eigenvalue weighted by molar-refractivity contribution is 8.00. The zero-order valence-electron chi connectivity index (χ0n) is 13.4. The fourth-order valence-corrected chi connectivity index (χ4v) is 2.92. The lowest BCUT2D eigenvalue weighted by Crippen LogP contribution is -2.22. The second-order valence-electron chi connectivity index (χ2n) is 5.17. The van der Waals surface area contributed by atoms with Crippen LogP contribution in [0.4, 0.5) is 5.69 Å². The number of pyridine rings is 2. The number of amides is 1. The molecule has 0 saturated carbocycles. The maximum Gasteiger partial charge on any atom is 0.237 e.